The van der Waals surface area contributed by atoms with Gasteiger partial charge in [0.15, 0.2) is 0 Å². The van der Waals surface area contributed by atoms with Gasteiger partial charge in [-0.3, -0.25) is 4.79 Å². The van der Waals surface area contributed by atoms with E-state index in [2.05, 4.69) is 6.58 Å². The maximum atomic E-state index is 11.4. The van der Waals surface area contributed by atoms with E-state index >= 15 is 0 Å². The van der Waals surface area contributed by atoms with Crippen molar-refractivity contribution in [1.82, 2.24) is 0 Å². The van der Waals surface area contributed by atoms with E-state index in [-0.39, 0.29) is 6.61 Å². The predicted molar refractivity (Wildman–Crippen MR) is 60.4 cm³/mol. The number of hydrogen-bond acceptors (Lipinski definition) is 4. The molecule has 0 saturated carbocycles. The summed E-state index contributed by atoms with van der Waals surface area (Å²) in [5.41, 5.74) is 6.31. The lowest BCUT2D eigenvalue weighted by Crippen LogP contribution is -2.41. The second-order valence-electron chi connectivity index (χ2n) is 3.35. The molecule has 16 heavy (non-hydrogen) atoms. The normalized spacial score (nSPS) is 13.9. The Kier molecular flexibility index (Phi) is 4.69. The molecule has 4 heteroatoms. The average molecular weight is 221 g/mol. The van der Waals surface area contributed by atoms with Crippen LogP contribution in [0.25, 0.3) is 0 Å². The van der Waals surface area contributed by atoms with Gasteiger partial charge in [0.05, 0.1) is 6.10 Å². The summed E-state index contributed by atoms with van der Waals surface area (Å²) in [5.74, 6) is -0.642. The number of carbonyl (C=O) groups excluding carboxylic acids is 1. The van der Waals surface area contributed by atoms with E-state index < -0.39 is 18.1 Å². The molecule has 0 spiro atoms. The van der Waals surface area contributed by atoms with Crippen LogP contribution in [-0.4, -0.2) is 23.2 Å². The van der Waals surface area contributed by atoms with Gasteiger partial charge in [-0.15, -0.1) is 6.58 Å². The molecule has 0 aromatic heterocycles. The van der Waals surface area contributed by atoms with Crippen LogP contribution in [0.15, 0.2) is 43.0 Å². The van der Waals surface area contributed by atoms with Gasteiger partial charge in [0, 0.05) is 0 Å². The number of hydrogen-bond donors (Lipinski definition) is 2. The van der Waals surface area contributed by atoms with Crippen molar-refractivity contribution < 1.29 is 14.6 Å². The number of benzene rings is 1. The Hall–Kier alpha value is -1.65. The van der Waals surface area contributed by atoms with E-state index in [1.54, 1.807) is 0 Å². The van der Waals surface area contributed by atoms with Crippen LogP contribution in [0, 0.1) is 0 Å². The largest absolute Gasteiger partial charge is 0.460 e. The van der Waals surface area contributed by atoms with Gasteiger partial charge in [0.2, 0.25) is 0 Å². The molecule has 0 amide bonds. The number of rotatable bonds is 5. The molecule has 0 heterocycles. The van der Waals surface area contributed by atoms with Gasteiger partial charge in [0.1, 0.15) is 12.6 Å². The van der Waals surface area contributed by atoms with Crippen LogP contribution in [0.5, 0.6) is 0 Å². The maximum absolute atomic E-state index is 11.4. The van der Waals surface area contributed by atoms with E-state index in [0.717, 1.165) is 5.56 Å². The van der Waals surface area contributed by atoms with Gasteiger partial charge in [-0.1, -0.05) is 36.4 Å². The van der Waals surface area contributed by atoms with Crippen LogP contribution in [-0.2, 0) is 16.1 Å². The van der Waals surface area contributed by atoms with E-state index in [9.17, 15) is 9.90 Å². The minimum absolute atomic E-state index is 0.150. The number of carbonyl (C=O) groups is 1. The Bertz CT molecular complexity index is 351. The molecule has 0 unspecified atom stereocenters. The van der Waals surface area contributed by atoms with Crippen molar-refractivity contribution >= 4 is 5.97 Å². The predicted octanol–water partition coefficient (Wildman–Crippen LogP) is 0.604. The molecule has 0 bridgehead atoms. The fourth-order valence-corrected chi connectivity index (χ4v) is 1.11. The van der Waals surface area contributed by atoms with Crippen LogP contribution >= 0.6 is 0 Å². The quantitative estimate of drug-likeness (QED) is 0.564. The van der Waals surface area contributed by atoms with Gasteiger partial charge in [0.25, 0.3) is 0 Å². The molecule has 3 N–H and O–H groups in total. The summed E-state index contributed by atoms with van der Waals surface area (Å²) in [6.45, 7) is 3.49. The Balaban J connectivity index is 2.44. The van der Waals surface area contributed by atoms with Crippen molar-refractivity contribution in [2.75, 3.05) is 0 Å². The van der Waals surface area contributed by atoms with Gasteiger partial charge >= 0.3 is 5.97 Å². The van der Waals surface area contributed by atoms with Gasteiger partial charge in [-0.25, -0.2) is 0 Å². The summed E-state index contributed by atoms with van der Waals surface area (Å²) in [4.78, 5) is 11.4. The molecular formula is C12H15NO3. The lowest BCUT2D eigenvalue weighted by molar-refractivity contribution is -0.148. The number of ether oxygens (including phenoxy) is 1. The van der Waals surface area contributed by atoms with Gasteiger partial charge < -0.3 is 15.6 Å². The molecule has 1 rings (SSSR count). The Morgan fingerprint density at radius 1 is 1.50 bits per heavy atom. The molecule has 0 fully saturated rings. The highest BCUT2D eigenvalue weighted by Gasteiger charge is 2.21. The summed E-state index contributed by atoms with van der Waals surface area (Å²) in [6, 6.07) is 8.16. The van der Waals surface area contributed by atoms with Crippen molar-refractivity contribution in [3.05, 3.63) is 48.6 Å². The zero-order valence-corrected chi connectivity index (χ0v) is 8.87. The first-order valence-electron chi connectivity index (χ1n) is 4.92. The highest BCUT2D eigenvalue weighted by molar-refractivity contribution is 5.76. The third kappa shape index (κ3) is 3.49. The minimum atomic E-state index is -1.08. The second kappa shape index (κ2) is 6.05. The van der Waals surface area contributed by atoms with Crippen LogP contribution in [0.2, 0.25) is 0 Å². The first-order valence-corrected chi connectivity index (χ1v) is 4.92. The zero-order valence-electron chi connectivity index (χ0n) is 8.87. The van der Waals surface area contributed by atoms with Crippen molar-refractivity contribution in [3.8, 4) is 0 Å². The molecule has 0 radical (unpaired) electrons. The molecule has 86 valence electrons. The number of nitrogens with two attached hydrogens (primary N) is 1. The van der Waals surface area contributed by atoms with Crippen molar-refractivity contribution in [3.63, 3.8) is 0 Å². The highest BCUT2D eigenvalue weighted by Crippen LogP contribution is 2.02. The molecule has 1 aromatic carbocycles. The van der Waals surface area contributed by atoms with Crippen LogP contribution in [0.1, 0.15) is 5.56 Å². The second-order valence-corrected chi connectivity index (χ2v) is 3.35. The van der Waals surface area contributed by atoms with E-state index in [4.69, 9.17) is 10.5 Å². The lowest BCUT2D eigenvalue weighted by atomic mass is 10.2. The SMILES string of the molecule is C=C[C@H](O)[C@H](N)C(=O)OCc1ccccc1. The summed E-state index contributed by atoms with van der Waals surface area (Å²) >= 11 is 0. The molecule has 1 aromatic rings. The highest BCUT2D eigenvalue weighted by atomic mass is 16.5. The van der Waals surface area contributed by atoms with Crippen molar-refractivity contribution in [2.45, 2.75) is 18.8 Å². The van der Waals surface area contributed by atoms with Gasteiger partial charge in [-0.05, 0) is 5.56 Å². The standard InChI is InChI=1S/C12H15NO3/c1-2-10(14)11(13)12(15)16-8-9-6-4-3-5-7-9/h2-7,10-11,14H,1,8,13H2/t10-,11-/m0/s1. The molecule has 2 atom stereocenters. The Morgan fingerprint density at radius 2 is 2.12 bits per heavy atom. The van der Waals surface area contributed by atoms with Crippen LogP contribution in [0.3, 0.4) is 0 Å². The van der Waals surface area contributed by atoms with E-state index in [1.807, 2.05) is 30.3 Å². The fourth-order valence-electron chi connectivity index (χ4n) is 1.11. The molecule has 0 aliphatic heterocycles. The average Bonchev–Trinajstić information content (AvgIpc) is 2.35. The first kappa shape index (κ1) is 12.4. The van der Waals surface area contributed by atoms with E-state index in [0.29, 0.717) is 0 Å². The van der Waals surface area contributed by atoms with Crippen molar-refractivity contribution in [2.24, 2.45) is 5.73 Å². The van der Waals surface area contributed by atoms with Gasteiger partial charge in [-0.2, -0.15) is 0 Å². The third-order valence-corrected chi connectivity index (χ3v) is 2.11. The maximum Gasteiger partial charge on any atom is 0.326 e. The number of aliphatic hydroxyl groups is 1. The number of aliphatic hydroxyl groups excluding tert-OH is 1. The molecular weight excluding hydrogens is 206 g/mol. The fraction of sp³-hybridized carbons (Fsp3) is 0.250. The van der Waals surface area contributed by atoms with Crippen molar-refractivity contribution in [1.29, 1.82) is 0 Å². The zero-order chi connectivity index (χ0) is 12.0. The summed E-state index contributed by atoms with van der Waals surface area (Å²) in [7, 11) is 0. The molecule has 4 nitrogen and oxygen atoms in total. The minimum Gasteiger partial charge on any atom is -0.460 e. The molecule has 0 aliphatic carbocycles. The third-order valence-electron chi connectivity index (χ3n) is 2.11. The summed E-state index contributed by atoms with van der Waals surface area (Å²) in [6.07, 6.45) is 0.123. The summed E-state index contributed by atoms with van der Waals surface area (Å²) < 4.78 is 4.94. The molecule has 0 saturated heterocycles. The van der Waals surface area contributed by atoms with Crippen LogP contribution in [0.4, 0.5) is 0 Å². The molecule has 0 aliphatic rings. The Labute approximate surface area is 94.3 Å². The van der Waals surface area contributed by atoms with Crippen LogP contribution < -0.4 is 5.73 Å². The summed E-state index contributed by atoms with van der Waals surface area (Å²) in [5, 5.41) is 9.25. The number of esters is 1. The topological polar surface area (TPSA) is 72.5 Å². The monoisotopic (exact) mass is 221 g/mol. The smallest absolute Gasteiger partial charge is 0.326 e. The Morgan fingerprint density at radius 3 is 2.69 bits per heavy atom. The first-order chi connectivity index (χ1) is 7.65. The lowest BCUT2D eigenvalue weighted by Gasteiger charge is -2.14. The van der Waals surface area contributed by atoms with E-state index in [1.165, 1.54) is 6.08 Å².